The molecule has 0 aromatic heterocycles. The van der Waals surface area contributed by atoms with Crippen LogP contribution >= 0.6 is 0 Å². The molecule has 3 rings (SSSR count). The Balaban J connectivity index is 1.84. The Bertz CT molecular complexity index is 470. The Morgan fingerprint density at radius 1 is 1.11 bits per heavy atom. The van der Waals surface area contributed by atoms with E-state index in [-0.39, 0.29) is 6.04 Å². The van der Waals surface area contributed by atoms with E-state index < -0.39 is 0 Å². The maximum absolute atomic E-state index is 6.58. The van der Waals surface area contributed by atoms with Crippen LogP contribution in [0.2, 0.25) is 0 Å². The standard InChI is InChI=1S/C17H25NO/c1-10-9-15(19-3)11(2)8-14(10)17(18)16-12-6-4-5-7-13(12)16/h8-9,12-13,16-17H,4-7,18H2,1-3H3. The van der Waals surface area contributed by atoms with Gasteiger partial charge in [-0.1, -0.05) is 18.9 Å². The number of hydrogen-bond donors (Lipinski definition) is 1. The van der Waals surface area contributed by atoms with Gasteiger partial charge in [-0.3, -0.25) is 0 Å². The van der Waals surface area contributed by atoms with Gasteiger partial charge < -0.3 is 10.5 Å². The molecule has 0 heterocycles. The zero-order valence-electron chi connectivity index (χ0n) is 12.3. The predicted octanol–water partition coefficient (Wildman–Crippen LogP) is 3.75. The molecule has 2 nitrogen and oxygen atoms in total. The SMILES string of the molecule is COc1cc(C)c(C(N)C2C3CCCCC32)cc1C. The van der Waals surface area contributed by atoms with Gasteiger partial charge in [-0.2, -0.15) is 0 Å². The Morgan fingerprint density at radius 2 is 1.74 bits per heavy atom. The van der Waals surface area contributed by atoms with Crippen molar-refractivity contribution in [2.75, 3.05) is 7.11 Å². The summed E-state index contributed by atoms with van der Waals surface area (Å²) >= 11 is 0. The summed E-state index contributed by atoms with van der Waals surface area (Å²) < 4.78 is 5.39. The first-order valence-corrected chi connectivity index (χ1v) is 7.54. The average molecular weight is 259 g/mol. The van der Waals surface area contributed by atoms with Gasteiger partial charge in [0.05, 0.1) is 7.11 Å². The van der Waals surface area contributed by atoms with Gasteiger partial charge in [-0.15, -0.1) is 0 Å². The molecular weight excluding hydrogens is 234 g/mol. The van der Waals surface area contributed by atoms with E-state index in [1.54, 1.807) is 7.11 Å². The third kappa shape index (κ3) is 2.16. The van der Waals surface area contributed by atoms with Crippen molar-refractivity contribution in [3.63, 3.8) is 0 Å². The van der Waals surface area contributed by atoms with E-state index in [0.717, 1.165) is 23.5 Å². The second-order valence-corrected chi connectivity index (χ2v) is 6.39. The molecule has 19 heavy (non-hydrogen) atoms. The number of fused-ring (bicyclic) bond motifs is 1. The lowest BCUT2D eigenvalue weighted by atomic mass is 9.94. The van der Waals surface area contributed by atoms with Crippen molar-refractivity contribution in [2.45, 2.75) is 45.6 Å². The first kappa shape index (κ1) is 13.0. The van der Waals surface area contributed by atoms with E-state index in [1.807, 2.05) is 0 Å². The summed E-state index contributed by atoms with van der Waals surface area (Å²) in [6.45, 7) is 4.26. The molecule has 3 atom stereocenters. The summed E-state index contributed by atoms with van der Waals surface area (Å²) in [5.41, 5.74) is 10.4. The molecule has 2 aliphatic rings. The molecule has 2 saturated carbocycles. The molecule has 104 valence electrons. The molecule has 1 aromatic rings. The minimum atomic E-state index is 0.220. The summed E-state index contributed by atoms with van der Waals surface area (Å²) in [5, 5.41) is 0. The molecule has 3 unspecified atom stereocenters. The highest BCUT2D eigenvalue weighted by molar-refractivity contribution is 5.43. The molecule has 1 aromatic carbocycles. The van der Waals surface area contributed by atoms with Crippen molar-refractivity contribution in [1.82, 2.24) is 0 Å². The number of aryl methyl sites for hydroxylation is 2. The summed E-state index contributed by atoms with van der Waals surface area (Å²) in [6.07, 6.45) is 5.62. The maximum Gasteiger partial charge on any atom is 0.122 e. The lowest BCUT2D eigenvalue weighted by Crippen LogP contribution is -2.16. The summed E-state index contributed by atoms with van der Waals surface area (Å²) in [4.78, 5) is 0. The minimum Gasteiger partial charge on any atom is -0.496 e. The lowest BCUT2D eigenvalue weighted by molar-refractivity contribution is 0.410. The van der Waals surface area contributed by atoms with Gasteiger partial charge in [0.1, 0.15) is 5.75 Å². The topological polar surface area (TPSA) is 35.2 Å². The number of rotatable bonds is 3. The predicted molar refractivity (Wildman–Crippen MR) is 78.3 cm³/mol. The van der Waals surface area contributed by atoms with E-state index in [1.165, 1.54) is 42.4 Å². The van der Waals surface area contributed by atoms with Crippen molar-refractivity contribution in [1.29, 1.82) is 0 Å². The summed E-state index contributed by atoms with van der Waals surface area (Å²) in [6, 6.07) is 4.59. The number of benzene rings is 1. The van der Waals surface area contributed by atoms with E-state index in [9.17, 15) is 0 Å². The Hall–Kier alpha value is -1.02. The van der Waals surface area contributed by atoms with Crippen LogP contribution in [0.3, 0.4) is 0 Å². The van der Waals surface area contributed by atoms with Gasteiger partial charge in [-0.25, -0.2) is 0 Å². The smallest absolute Gasteiger partial charge is 0.122 e. The second-order valence-electron chi connectivity index (χ2n) is 6.39. The van der Waals surface area contributed by atoms with Crippen molar-refractivity contribution >= 4 is 0 Å². The molecule has 0 bridgehead atoms. The van der Waals surface area contributed by atoms with Crippen LogP contribution in [-0.2, 0) is 0 Å². The fourth-order valence-electron chi connectivity index (χ4n) is 4.18. The van der Waals surface area contributed by atoms with E-state index in [4.69, 9.17) is 10.5 Å². The molecule has 2 N–H and O–H groups in total. The fourth-order valence-corrected chi connectivity index (χ4v) is 4.18. The molecule has 0 spiro atoms. The van der Waals surface area contributed by atoms with Crippen molar-refractivity contribution < 1.29 is 4.74 Å². The Kier molecular flexibility index (Phi) is 3.30. The average Bonchev–Trinajstić information content (AvgIpc) is 3.14. The van der Waals surface area contributed by atoms with Gasteiger partial charge in [-0.05, 0) is 67.2 Å². The first-order chi connectivity index (χ1) is 9.13. The zero-order chi connectivity index (χ0) is 13.6. The molecular formula is C17H25NO. The van der Waals surface area contributed by atoms with Crippen molar-refractivity contribution in [3.05, 3.63) is 28.8 Å². The molecule has 2 heteroatoms. The van der Waals surface area contributed by atoms with Gasteiger partial charge in [0.25, 0.3) is 0 Å². The molecule has 0 saturated heterocycles. The maximum atomic E-state index is 6.58. The van der Waals surface area contributed by atoms with Gasteiger partial charge in [0.2, 0.25) is 0 Å². The summed E-state index contributed by atoms with van der Waals surface area (Å²) in [5.74, 6) is 3.52. The van der Waals surface area contributed by atoms with Crippen LogP contribution in [0.4, 0.5) is 0 Å². The normalized spacial score (nSPS) is 30.6. The highest BCUT2D eigenvalue weighted by atomic mass is 16.5. The third-order valence-electron chi connectivity index (χ3n) is 5.28. The van der Waals surface area contributed by atoms with Crippen LogP contribution in [0.5, 0.6) is 5.75 Å². The number of ether oxygens (including phenoxy) is 1. The largest absolute Gasteiger partial charge is 0.496 e. The zero-order valence-corrected chi connectivity index (χ0v) is 12.3. The van der Waals surface area contributed by atoms with Crippen LogP contribution in [0, 0.1) is 31.6 Å². The first-order valence-electron chi connectivity index (χ1n) is 7.54. The Morgan fingerprint density at radius 3 is 2.32 bits per heavy atom. The third-order valence-corrected chi connectivity index (χ3v) is 5.28. The molecule has 0 amide bonds. The van der Waals surface area contributed by atoms with Crippen LogP contribution in [-0.4, -0.2) is 7.11 Å². The van der Waals surface area contributed by atoms with E-state index in [0.29, 0.717) is 0 Å². The fraction of sp³-hybridized carbons (Fsp3) is 0.647. The van der Waals surface area contributed by atoms with Gasteiger partial charge in [0.15, 0.2) is 0 Å². The Labute approximate surface area is 116 Å². The van der Waals surface area contributed by atoms with Crippen LogP contribution in [0.1, 0.15) is 48.4 Å². The summed E-state index contributed by atoms with van der Waals surface area (Å²) in [7, 11) is 1.73. The highest BCUT2D eigenvalue weighted by Crippen LogP contribution is 2.60. The van der Waals surface area contributed by atoms with Gasteiger partial charge >= 0.3 is 0 Å². The lowest BCUT2D eigenvalue weighted by Gasteiger charge is -2.17. The van der Waals surface area contributed by atoms with Gasteiger partial charge in [0, 0.05) is 6.04 Å². The number of nitrogens with two attached hydrogens (primary N) is 1. The van der Waals surface area contributed by atoms with Crippen LogP contribution in [0.15, 0.2) is 12.1 Å². The molecule has 0 aliphatic heterocycles. The quantitative estimate of drug-likeness (QED) is 0.897. The van der Waals surface area contributed by atoms with Crippen LogP contribution in [0.25, 0.3) is 0 Å². The number of hydrogen-bond acceptors (Lipinski definition) is 2. The van der Waals surface area contributed by atoms with E-state index >= 15 is 0 Å². The second kappa shape index (κ2) is 4.82. The monoisotopic (exact) mass is 259 g/mol. The van der Waals surface area contributed by atoms with Crippen molar-refractivity contribution in [3.8, 4) is 5.75 Å². The molecule has 2 fully saturated rings. The van der Waals surface area contributed by atoms with E-state index in [2.05, 4.69) is 26.0 Å². The number of methoxy groups -OCH3 is 1. The van der Waals surface area contributed by atoms with Crippen molar-refractivity contribution in [2.24, 2.45) is 23.5 Å². The van der Waals surface area contributed by atoms with Crippen LogP contribution < -0.4 is 10.5 Å². The molecule has 0 radical (unpaired) electrons. The highest BCUT2D eigenvalue weighted by Gasteiger charge is 2.53. The molecule has 2 aliphatic carbocycles. The minimum absolute atomic E-state index is 0.220.